The van der Waals surface area contributed by atoms with Gasteiger partial charge >= 0.3 is 6.55 Å². The molecule has 0 saturated carbocycles. The summed E-state index contributed by atoms with van der Waals surface area (Å²) in [7, 11) is 0. The molecule has 0 bridgehead atoms. The van der Waals surface area contributed by atoms with Gasteiger partial charge in [0.25, 0.3) is 5.91 Å². The van der Waals surface area contributed by atoms with Crippen molar-refractivity contribution in [3.8, 4) is 17.2 Å². The molecular weight excluding hydrogens is 574 g/mol. The summed E-state index contributed by atoms with van der Waals surface area (Å²) >= 11 is 0. The second kappa shape index (κ2) is 12.1. The molecule has 2 atom stereocenters. The maximum atomic E-state index is 13.5. The molecule has 2 aliphatic rings. The monoisotopic (exact) mass is 602 g/mol. The Labute approximate surface area is 250 Å². The molecule has 226 valence electrons. The first-order valence-corrected chi connectivity index (χ1v) is 14.3. The van der Waals surface area contributed by atoms with Crippen molar-refractivity contribution in [2.45, 2.75) is 25.1 Å². The van der Waals surface area contributed by atoms with E-state index < -0.39 is 12.6 Å². The first kappa shape index (κ1) is 28.0. The van der Waals surface area contributed by atoms with Crippen molar-refractivity contribution in [3.63, 3.8) is 0 Å². The average Bonchev–Trinajstić information content (AvgIpc) is 3.84. The third-order valence-corrected chi connectivity index (χ3v) is 7.72. The fraction of sp³-hybridized carbons (Fsp3) is 0.333. The van der Waals surface area contributed by atoms with Gasteiger partial charge in [0.2, 0.25) is 5.89 Å². The number of pyridine rings is 1. The molecule has 2 saturated heterocycles. The zero-order valence-electron chi connectivity index (χ0n) is 23.5. The summed E-state index contributed by atoms with van der Waals surface area (Å²) in [6, 6.07) is 17.8. The van der Waals surface area contributed by atoms with Gasteiger partial charge in [0.05, 0.1) is 19.3 Å². The van der Waals surface area contributed by atoms with Crippen LogP contribution in [-0.4, -0.2) is 91.4 Å². The lowest BCUT2D eigenvalue weighted by Crippen LogP contribution is -2.50. The van der Waals surface area contributed by atoms with Crippen molar-refractivity contribution in [2.75, 3.05) is 39.4 Å². The van der Waals surface area contributed by atoms with Crippen LogP contribution in [0.3, 0.4) is 0 Å². The SMILES string of the molecule is O=C(c1cc(-c2nc3cc(O[C@@H]4CCOC4)ccc3o2)ccn1)N1CCN([C@H](c2ccccc2)c2nnn(C(F)F)n2)CC1. The van der Waals surface area contributed by atoms with Crippen LogP contribution in [0.5, 0.6) is 5.75 Å². The molecule has 14 heteroatoms. The Morgan fingerprint density at radius 2 is 1.86 bits per heavy atom. The number of tetrazole rings is 1. The number of hydrogen-bond donors (Lipinski definition) is 0. The van der Waals surface area contributed by atoms with Gasteiger partial charge in [0.1, 0.15) is 23.1 Å². The summed E-state index contributed by atoms with van der Waals surface area (Å²) in [5, 5.41) is 11.4. The molecular formula is C30H28F2N8O4. The number of carbonyl (C=O) groups is 1. The van der Waals surface area contributed by atoms with Gasteiger partial charge in [-0.25, -0.2) is 4.98 Å². The summed E-state index contributed by atoms with van der Waals surface area (Å²) in [4.78, 5) is 26.5. The van der Waals surface area contributed by atoms with E-state index >= 15 is 0 Å². The van der Waals surface area contributed by atoms with E-state index in [2.05, 4.69) is 30.3 Å². The minimum atomic E-state index is -2.89. The van der Waals surface area contributed by atoms with E-state index in [1.54, 1.807) is 23.2 Å². The van der Waals surface area contributed by atoms with Gasteiger partial charge in [0.15, 0.2) is 11.4 Å². The molecule has 2 aromatic carbocycles. The van der Waals surface area contributed by atoms with Gasteiger partial charge in [-0.3, -0.25) is 14.7 Å². The van der Waals surface area contributed by atoms with E-state index in [1.165, 1.54) is 0 Å². The van der Waals surface area contributed by atoms with E-state index in [4.69, 9.17) is 13.9 Å². The minimum absolute atomic E-state index is 0.0245. The smallest absolute Gasteiger partial charge is 0.350 e. The molecule has 0 radical (unpaired) electrons. The third kappa shape index (κ3) is 5.73. The fourth-order valence-electron chi connectivity index (χ4n) is 5.52. The number of rotatable bonds is 8. The number of ether oxygens (including phenoxy) is 2. The number of aromatic nitrogens is 6. The Hall–Kier alpha value is -4.82. The molecule has 0 N–H and O–H groups in total. The number of halogens is 2. The van der Waals surface area contributed by atoms with Crippen molar-refractivity contribution in [2.24, 2.45) is 0 Å². The Balaban J connectivity index is 1.05. The highest BCUT2D eigenvalue weighted by atomic mass is 19.3. The van der Waals surface area contributed by atoms with Gasteiger partial charge in [-0.1, -0.05) is 35.1 Å². The topological polar surface area (TPSA) is 125 Å². The summed E-state index contributed by atoms with van der Waals surface area (Å²) < 4.78 is 43.7. The van der Waals surface area contributed by atoms with Crippen LogP contribution in [0.4, 0.5) is 8.78 Å². The van der Waals surface area contributed by atoms with E-state index in [9.17, 15) is 13.6 Å². The van der Waals surface area contributed by atoms with Crippen LogP contribution in [0.15, 0.2) is 71.3 Å². The molecule has 5 aromatic rings. The molecule has 3 aromatic heterocycles. The predicted molar refractivity (Wildman–Crippen MR) is 152 cm³/mol. The Morgan fingerprint density at radius 3 is 2.61 bits per heavy atom. The number of carbonyl (C=O) groups excluding carboxylic acids is 1. The number of oxazole rings is 1. The number of amides is 1. The van der Waals surface area contributed by atoms with Crippen LogP contribution < -0.4 is 4.74 Å². The second-order valence-corrected chi connectivity index (χ2v) is 10.6. The Morgan fingerprint density at radius 1 is 1.02 bits per heavy atom. The molecule has 2 fully saturated rings. The first-order valence-electron chi connectivity index (χ1n) is 14.3. The van der Waals surface area contributed by atoms with Crippen molar-refractivity contribution in [3.05, 3.63) is 83.9 Å². The number of piperazine rings is 1. The number of fused-ring (bicyclic) bond motifs is 1. The molecule has 12 nitrogen and oxygen atoms in total. The molecule has 1 amide bonds. The maximum Gasteiger partial charge on any atom is 0.350 e. The predicted octanol–water partition coefficient (Wildman–Crippen LogP) is 3.99. The average molecular weight is 603 g/mol. The van der Waals surface area contributed by atoms with Gasteiger partial charge < -0.3 is 18.8 Å². The molecule has 5 heterocycles. The minimum Gasteiger partial charge on any atom is -0.488 e. The first-order chi connectivity index (χ1) is 21.5. The Kier molecular flexibility index (Phi) is 7.66. The van der Waals surface area contributed by atoms with Gasteiger partial charge in [-0.2, -0.15) is 8.78 Å². The fourth-order valence-corrected chi connectivity index (χ4v) is 5.52. The van der Waals surface area contributed by atoms with Crippen LogP contribution in [-0.2, 0) is 4.74 Å². The molecule has 0 unspecified atom stereocenters. The van der Waals surface area contributed by atoms with Gasteiger partial charge in [0, 0.05) is 50.4 Å². The number of alkyl halides is 2. The highest BCUT2D eigenvalue weighted by molar-refractivity contribution is 5.93. The zero-order chi connectivity index (χ0) is 30.0. The Bertz CT molecular complexity index is 1750. The zero-order valence-corrected chi connectivity index (χ0v) is 23.5. The highest BCUT2D eigenvalue weighted by Crippen LogP contribution is 2.30. The highest BCUT2D eigenvalue weighted by Gasteiger charge is 2.32. The van der Waals surface area contributed by atoms with Crippen molar-refractivity contribution in [1.82, 2.24) is 40.0 Å². The standard InChI is InChI=1S/C30H28F2N8O4/c31-30(32)40-36-27(35-37-40)26(19-4-2-1-3-5-19)38-11-13-39(14-12-38)29(41)24-16-20(8-10-33-24)28-34-23-17-21(6-7-25(23)44-28)43-22-9-15-42-18-22/h1-8,10,16-17,22,26,30H,9,11-15,18H2/t22-,26-/m1/s1. The molecule has 44 heavy (non-hydrogen) atoms. The third-order valence-electron chi connectivity index (χ3n) is 7.72. The van der Waals surface area contributed by atoms with E-state index in [1.807, 2.05) is 48.5 Å². The molecule has 2 aliphatic heterocycles. The van der Waals surface area contributed by atoms with Crippen molar-refractivity contribution < 1.29 is 27.5 Å². The lowest BCUT2D eigenvalue weighted by Gasteiger charge is -2.38. The number of hydrogen-bond acceptors (Lipinski definition) is 10. The van der Waals surface area contributed by atoms with Crippen LogP contribution in [0.2, 0.25) is 0 Å². The summed E-state index contributed by atoms with van der Waals surface area (Å²) in [5.41, 5.74) is 2.99. The van der Waals surface area contributed by atoms with E-state index in [0.717, 1.165) is 12.0 Å². The summed E-state index contributed by atoms with van der Waals surface area (Å²) in [6.45, 7) is 0.111. The number of benzene rings is 2. The summed E-state index contributed by atoms with van der Waals surface area (Å²) in [5.74, 6) is 1.02. The van der Waals surface area contributed by atoms with E-state index in [0.29, 0.717) is 72.5 Å². The normalized spacial score (nSPS) is 18.2. The largest absolute Gasteiger partial charge is 0.488 e. The van der Waals surface area contributed by atoms with Crippen LogP contribution >= 0.6 is 0 Å². The van der Waals surface area contributed by atoms with Crippen LogP contribution in [0.25, 0.3) is 22.6 Å². The van der Waals surface area contributed by atoms with Crippen LogP contribution in [0.1, 0.15) is 40.9 Å². The van der Waals surface area contributed by atoms with Crippen molar-refractivity contribution in [1.29, 1.82) is 0 Å². The van der Waals surface area contributed by atoms with Gasteiger partial charge in [-0.15, -0.1) is 10.2 Å². The molecule has 0 aliphatic carbocycles. The lowest BCUT2D eigenvalue weighted by atomic mass is 10.0. The number of nitrogens with zero attached hydrogens (tertiary/aromatic N) is 8. The molecule has 7 rings (SSSR count). The van der Waals surface area contributed by atoms with Gasteiger partial charge in [-0.05, 0) is 35.0 Å². The van der Waals surface area contributed by atoms with Crippen LogP contribution in [0, 0.1) is 0 Å². The second-order valence-electron chi connectivity index (χ2n) is 10.6. The van der Waals surface area contributed by atoms with Crippen molar-refractivity contribution >= 4 is 17.0 Å². The maximum absolute atomic E-state index is 13.5. The molecule has 0 spiro atoms. The summed E-state index contributed by atoms with van der Waals surface area (Å²) in [6.07, 6.45) is 2.43. The lowest BCUT2D eigenvalue weighted by molar-refractivity contribution is 0.0385. The quantitative estimate of drug-likeness (QED) is 0.258. The van der Waals surface area contributed by atoms with E-state index in [-0.39, 0.29) is 23.5 Å².